The Kier molecular flexibility index (Phi) is 7.81. The van der Waals surface area contributed by atoms with Crippen molar-refractivity contribution >= 4 is 35.0 Å². The van der Waals surface area contributed by atoms with E-state index in [2.05, 4.69) is 5.10 Å². The van der Waals surface area contributed by atoms with Gasteiger partial charge in [-0.05, 0) is 45.7 Å². The molecule has 0 saturated heterocycles. The minimum atomic E-state index is -0.845. The molecule has 172 valence electrons. The Labute approximate surface area is 197 Å². The van der Waals surface area contributed by atoms with Gasteiger partial charge in [-0.2, -0.15) is 5.26 Å². The zero-order valence-corrected chi connectivity index (χ0v) is 20.6. The number of hydrogen-bond acceptors (Lipinski definition) is 6. The molecule has 1 amide bonds. The van der Waals surface area contributed by atoms with Crippen molar-refractivity contribution < 1.29 is 14.3 Å². The molecule has 1 unspecified atom stereocenters. The summed E-state index contributed by atoms with van der Waals surface area (Å²) < 4.78 is 12.4. The fourth-order valence-corrected chi connectivity index (χ4v) is 3.36. The highest BCUT2D eigenvalue weighted by molar-refractivity contribution is 6.37. The number of ether oxygens (including phenoxy) is 2. The highest BCUT2D eigenvalue weighted by Gasteiger charge is 2.29. The number of benzene rings is 1. The number of nitriles is 1. The van der Waals surface area contributed by atoms with Crippen molar-refractivity contribution in [2.45, 2.75) is 59.1 Å². The number of halogens is 2. The summed E-state index contributed by atoms with van der Waals surface area (Å²) in [5.74, 6) is 0.204. The number of carbonyl (C=O) groups excluding carboxylic acids is 1. The van der Waals surface area contributed by atoms with E-state index in [9.17, 15) is 14.9 Å². The number of carbonyl (C=O) groups is 1. The van der Waals surface area contributed by atoms with E-state index in [1.165, 1.54) is 23.9 Å². The normalized spacial score (nSPS) is 12.3. The zero-order chi connectivity index (χ0) is 24.4. The Balaban J connectivity index is 2.48. The van der Waals surface area contributed by atoms with Crippen molar-refractivity contribution in [3.63, 3.8) is 0 Å². The molecule has 0 aliphatic heterocycles. The number of rotatable bonds is 5. The van der Waals surface area contributed by atoms with Gasteiger partial charge in [-0.3, -0.25) is 9.69 Å². The average molecular weight is 481 g/mol. The average Bonchev–Trinajstić information content (AvgIpc) is 2.65. The van der Waals surface area contributed by atoms with Crippen LogP contribution in [-0.2, 0) is 11.8 Å². The summed E-state index contributed by atoms with van der Waals surface area (Å²) in [5.41, 5.74) is -0.185. The highest BCUT2D eigenvalue weighted by Crippen LogP contribution is 2.40. The molecule has 8 nitrogen and oxygen atoms in total. The number of aromatic nitrogens is 2. The van der Waals surface area contributed by atoms with Crippen LogP contribution in [0.5, 0.6) is 11.6 Å². The lowest BCUT2D eigenvalue weighted by molar-refractivity contribution is 0.0574. The topological polar surface area (TPSA) is 97.4 Å². The molecule has 2 aromatic rings. The van der Waals surface area contributed by atoms with E-state index < -0.39 is 17.7 Å². The van der Waals surface area contributed by atoms with Crippen LogP contribution in [-0.4, -0.2) is 27.5 Å². The van der Waals surface area contributed by atoms with E-state index in [-0.39, 0.29) is 38.8 Å². The quantitative estimate of drug-likeness (QED) is 0.547. The van der Waals surface area contributed by atoms with Gasteiger partial charge in [0.2, 0.25) is 5.88 Å². The van der Waals surface area contributed by atoms with Gasteiger partial charge in [0.1, 0.15) is 11.6 Å². The maximum absolute atomic E-state index is 12.7. The molecule has 0 saturated carbocycles. The summed E-state index contributed by atoms with van der Waals surface area (Å²) in [7, 11) is 1.52. The molecule has 0 spiro atoms. The van der Waals surface area contributed by atoms with Gasteiger partial charge < -0.3 is 9.47 Å². The van der Waals surface area contributed by atoms with E-state index in [0.717, 1.165) is 4.90 Å². The molecule has 0 radical (unpaired) electrons. The van der Waals surface area contributed by atoms with Crippen LogP contribution >= 0.6 is 23.2 Å². The number of hydrogen-bond donors (Lipinski definition) is 0. The summed E-state index contributed by atoms with van der Waals surface area (Å²) in [6.45, 7) is 10.5. The summed E-state index contributed by atoms with van der Waals surface area (Å²) in [6, 6.07) is 5.61. The first-order chi connectivity index (χ1) is 14.7. The number of aryl methyl sites for hydroxylation is 1. The maximum Gasteiger partial charge on any atom is 0.415 e. The molecule has 0 fully saturated rings. The van der Waals surface area contributed by atoms with Crippen molar-refractivity contribution in [1.29, 1.82) is 5.26 Å². The Morgan fingerprint density at radius 1 is 1.19 bits per heavy atom. The first-order valence-electron chi connectivity index (χ1n) is 9.92. The van der Waals surface area contributed by atoms with Crippen LogP contribution in [0.3, 0.4) is 0 Å². The fourth-order valence-electron chi connectivity index (χ4n) is 2.81. The molecule has 0 N–H and O–H groups in total. The van der Waals surface area contributed by atoms with E-state index in [0.29, 0.717) is 5.56 Å². The monoisotopic (exact) mass is 480 g/mol. The number of nitrogens with zero attached hydrogens (tertiary/aromatic N) is 4. The Bertz CT molecular complexity index is 1090. The van der Waals surface area contributed by atoms with Crippen molar-refractivity contribution in [2.75, 3.05) is 4.90 Å². The minimum Gasteiger partial charge on any atom is -0.443 e. The van der Waals surface area contributed by atoms with Crippen molar-refractivity contribution in [2.24, 2.45) is 7.05 Å². The Hall–Kier alpha value is -2.76. The number of amides is 1. The summed E-state index contributed by atoms with van der Waals surface area (Å²) in [4.78, 5) is 26.1. The standard InChI is InChI=1S/C22H26Cl2N4O4/c1-12(2)15-10-18(26-27(7)20(15)29)31-19-16(23)8-14(9-17(19)24)28(13(3)11-25)21(30)32-22(4,5)6/h8-10,12-13H,1-7H3. The Morgan fingerprint density at radius 2 is 1.75 bits per heavy atom. The van der Waals surface area contributed by atoms with E-state index in [1.807, 2.05) is 19.9 Å². The fraction of sp³-hybridized carbons (Fsp3) is 0.455. The molecule has 1 atom stereocenters. The smallest absolute Gasteiger partial charge is 0.415 e. The van der Waals surface area contributed by atoms with Gasteiger partial charge in [-0.15, -0.1) is 5.10 Å². The maximum atomic E-state index is 12.7. The van der Waals surface area contributed by atoms with Crippen LogP contribution in [0.2, 0.25) is 10.0 Å². The van der Waals surface area contributed by atoms with Crippen LogP contribution < -0.4 is 15.2 Å². The molecule has 1 aromatic heterocycles. The second kappa shape index (κ2) is 9.80. The molecular weight excluding hydrogens is 455 g/mol. The lowest BCUT2D eigenvalue weighted by Crippen LogP contribution is -2.41. The zero-order valence-electron chi connectivity index (χ0n) is 19.1. The SMILES string of the molecule is CC(C)c1cc(Oc2c(Cl)cc(N(C(=O)OC(C)(C)C)C(C)C#N)cc2Cl)nn(C)c1=O. The second-order valence-electron chi connectivity index (χ2n) is 8.52. The predicted molar refractivity (Wildman–Crippen MR) is 124 cm³/mol. The molecule has 1 heterocycles. The van der Waals surface area contributed by atoms with Gasteiger partial charge in [0.15, 0.2) is 5.75 Å². The molecule has 0 aliphatic rings. The third-order valence-electron chi connectivity index (χ3n) is 4.32. The second-order valence-corrected chi connectivity index (χ2v) is 9.33. The molecule has 1 aromatic carbocycles. The summed E-state index contributed by atoms with van der Waals surface area (Å²) in [5, 5.41) is 13.7. The van der Waals surface area contributed by atoms with Gasteiger partial charge >= 0.3 is 6.09 Å². The molecule has 2 rings (SSSR count). The Morgan fingerprint density at radius 3 is 2.22 bits per heavy atom. The van der Waals surface area contributed by atoms with Gasteiger partial charge in [0, 0.05) is 18.7 Å². The third kappa shape index (κ3) is 5.93. The van der Waals surface area contributed by atoms with Crippen LogP contribution in [0.4, 0.5) is 10.5 Å². The van der Waals surface area contributed by atoms with Crippen molar-refractivity contribution in [1.82, 2.24) is 9.78 Å². The predicted octanol–water partition coefficient (Wildman–Crippen LogP) is 5.66. The van der Waals surface area contributed by atoms with Crippen LogP contribution in [0.15, 0.2) is 23.0 Å². The van der Waals surface area contributed by atoms with E-state index >= 15 is 0 Å². The minimum absolute atomic E-state index is 0.0396. The van der Waals surface area contributed by atoms with E-state index in [1.54, 1.807) is 33.8 Å². The molecule has 0 aliphatic carbocycles. The van der Waals surface area contributed by atoms with Gasteiger partial charge in [0.25, 0.3) is 5.56 Å². The van der Waals surface area contributed by atoms with Gasteiger partial charge in [0.05, 0.1) is 21.8 Å². The molecule has 32 heavy (non-hydrogen) atoms. The lowest BCUT2D eigenvalue weighted by atomic mass is 10.1. The van der Waals surface area contributed by atoms with Gasteiger partial charge in [-0.25, -0.2) is 9.48 Å². The third-order valence-corrected chi connectivity index (χ3v) is 4.88. The van der Waals surface area contributed by atoms with Crippen LogP contribution in [0, 0.1) is 11.3 Å². The molecular formula is C22H26Cl2N4O4. The molecule has 0 bridgehead atoms. The highest BCUT2D eigenvalue weighted by atomic mass is 35.5. The van der Waals surface area contributed by atoms with Crippen LogP contribution in [0.1, 0.15) is 53.0 Å². The van der Waals surface area contributed by atoms with Crippen molar-refractivity contribution in [3.05, 3.63) is 44.2 Å². The first-order valence-corrected chi connectivity index (χ1v) is 10.7. The molecule has 10 heteroatoms. The summed E-state index contributed by atoms with van der Waals surface area (Å²) >= 11 is 12.8. The van der Waals surface area contributed by atoms with E-state index in [4.69, 9.17) is 32.7 Å². The van der Waals surface area contributed by atoms with Crippen molar-refractivity contribution in [3.8, 4) is 17.7 Å². The van der Waals surface area contributed by atoms with Crippen LogP contribution in [0.25, 0.3) is 0 Å². The summed E-state index contributed by atoms with van der Waals surface area (Å²) in [6.07, 6.45) is -0.714. The number of anilines is 1. The first kappa shape index (κ1) is 25.5. The largest absolute Gasteiger partial charge is 0.443 e. The van der Waals surface area contributed by atoms with Gasteiger partial charge in [-0.1, -0.05) is 37.0 Å². The lowest BCUT2D eigenvalue weighted by Gasteiger charge is -2.29.